The highest BCUT2D eigenvalue weighted by molar-refractivity contribution is 9.10. The molecule has 2 heterocycles. The van der Waals surface area contributed by atoms with E-state index in [-0.39, 0.29) is 17.5 Å². The zero-order valence-electron chi connectivity index (χ0n) is 12.5. The summed E-state index contributed by atoms with van der Waals surface area (Å²) in [5, 5.41) is 3.30. The van der Waals surface area contributed by atoms with Gasteiger partial charge in [0, 0.05) is 51.0 Å². The highest BCUT2D eigenvalue weighted by atomic mass is 79.9. The molecule has 3 rings (SSSR count). The first-order valence-corrected chi connectivity index (χ1v) is 8.63. The molecule has 0 bridgehead atoms. The van der Waals surface area contributed by atoms with Crippen molar-refractivity contribution < 1.29 is 13.5 Å². The van der Waals surface area contributed by atoms with E-state index in [0.29, 0.717) is 17.7 Å². The van der Waals surface area contributed by atoms with E-state index in [1.165, 1.54) is 12.1 Å². The maximum atomic E-state index is 14.7. The van der Waals surface area contributed by atoms with Crippen molar-refractivity contribution in [2.75, 3.05) is 39.4 Å². The lowest BCUT2D eigenvalue weighted by Crippen LogP contribution is -2.48. The highest BCUT2D eigenvalue weighted by Crippen LogP contribution is 2.39. The van der Waals surface area contributed by atoms with Gasteiger partial charge in [-0.15, -0.1) is 0 Å². The summed E-state index contributed by atoms with van der Waals surface area (Å²) in [5.41, 5.74) is 0.211. The zero-order valence-corrected chi connectivity index (χ0v) is 14.0. The van der Waals surface area contributed by atoms with Gasteiger partial charge in [0.15, 0.2) is 0 Å². The maximum absolute atomic E-state index is 14.7. The Morgan fingerprint density at radius 3 is 2.55 bits per heavy atom. The molecule has 6 heteroatoms. The van der Waals surface area contributed by atoms with Gasteiger partial charge in [-0.3, -0.25) is 4.90 Å². The second kappa shape index (κ2) is 7.34. The number of halogens is 3. The molecule has 1 aromatic rings. The smallest absolute Gasteiger partial charge is 0.145 e. The van der Waals surface area contributed by atoms with Gasteiger partial charge in [0.05, 0.1) is 4.47 Å². The van der Waals surface area contributed by atoms with E-state index in [9.17, 15) is 8.78 Å². The van der Waals surface area contributed by atoms with Gasteiger partial charge in [0.25, 0.3) is 0 Å². The molecule has 2 aliphatic rings. The quantitative estimate of drug-likeness (QED) is 0.822. The summed E-state index contributed by atoms with van der Waals surface area (Å²) in [6, 6.07) is 2.58. The summed E-state index contributed by atoms with van der Waals surface area (Å²) in [5.74, 6) is -0.684. The lowest BCUT2D eigenvalue weighted by atomic mass is 9.85. The highest BCUT2D eigenvalue weighted by Gasteiger charge is 2.35. The number of benzene rings is 1. The van der Waals surface area contributed by atoms with Crippen LogP contribution in [-0.2, 0) is 4.74 Å². The molecule has 0 saturated carbocycles. The molecule has 22 heavy (non-hydrogen) atoms. The number of nitrogens with one attached hydrogen (secondary N) is 1. The molecule has 2 saturated heterocycles. The predicted octanol–water partition coefficient (Wildman–Crippen LogP) is 3.10. The molecular weight excluding hydrogens is 354 g/mol. The molecule has 1 aromatic carbocycles. The van der Waals surface area contributed by atoms with Gasteiger partial charge < -0.3 is 10.1 Å². The zero-order chi connectivity index (χ0) is 15.5. The van der Waals surface area contributed by atoms with Crippen LogP contribution >= 0.6 is 15.9 Å². The van der Waals surface area contributed by atoms with Gasteiger partial charge in [-0.25, -0.2) is 8.78 Å². The molecular formula is C16H21BrF2N2O. The largest absolute Gasteiger partial charge is 0.381 e. The summed E-state index contributed by atoms with van der Waals surface area (Å²) in [4.78, 5) is 2.22. The Hall–Kier alpha value is -0.560. The molecule has 0 unspecified atom stereocenters. The summed E-state index contributed by atoms with van der Waals surface area (Å²) >= 11 is 3.20. The molecule has 0 spiro atoms. The molecule has 122 valence electrons. The van der Waals surface area contributed by atoms with E-state index < -0.39 is 11.6 Å². The maximum Gasteiger partial charge on any atom is 0.145 e. The molecule has 1 N–H and O–H groups in total. The van der Waals surface area contributed by atoms with Gasteiger partial charge in [-0.05, 0) is 46.8 Å². The number of ether oxygens (including phenoxy) is 1. The van der Waals surface area contributed by atoms with E-state index >= 15 is 0 Å². The van der Waals surface area contributed by atoms with Gasteiger partial charge in [-0.2, -0.15) is 0 Å². The van der Waals surface area contributed by atoms with Crippen LogP contribution in [0.3, 0.4) is 0 Å². The Balaban J connectivity index is 1.98. The molecule has 2 aliphatic heterocycles. The van der Waals surface area contributed by atoms with E-state index in [4.69, 9.17) is 4.74 Å². The average molecular weight is 375 g/mol. The first-order chi connectivity index (χ1) is 10.7. The van der Waals surface area contributed by atoms with Crippen LogP contribution in [0.1, 0.15) is 24.4 Å². The normalized spacial score (nSPS) is 22.7. The van der Waals surface area contributed by atoms with Crippen molar-refractivity contribution in [1.82, 2.24) is 10.2 Å². The summed E-state index contributed by atoms with van der Waals surface area (Å²) in [7, 11) is 0. The van der Waals surface area contributed by atoms with Gasteiger partial charge >= 0.3 is 0 Å². The monoisotopic (exact) mass is 374 g/mol. The Bertz CT molecular complexity index is 499. The second-order valence-corrected chi connectivity index (χ2v) is 6.79. The fraction of sp³-hybridized carbons (Fsp3) is 0.625. The molecule has 1 atom stereocenters. The van der Waals surface area contributed by atoms with E-state index in [1.54, 1.807) is 0 Å². The summed E-state index contributed by atoms with van der Waals surface area (Å²) in [6.45, 7) is 4.68. The van der Waals surface area contributed by atoms with Crippen LogP contribution in [0.2, 0.25) is 0 Å². The van der Waals surface area contributed by atoms with Gasteiger partial charge in [0.2, 0.25) is 0 Å². The second-order valence-electron chi connectivity index (χ2n) is 5.94. The fourth-order valence-electron chi connectivity index (χ4n) is 3.52. The average Bonchev–Trinajstić information content (AvgIpc) is 2.57. The van der Waals surface area contributed by atoms with Crippen molar-refractivity contribution in [3.8, 4) is 0 Å². The first-order valence-electron chi connectivity index (χ1n) is 7.84. The lowest BCUT2D eigenvalue weighted by molar-refractivity contribution is 0.0191. The third-order valence-corrected chi connectivity index (χ3v) is 5.25. The first kappa shape index (κ1) is 16.3. The molecule has 0 aromatic heterocycles. The molecule has 0 radical (unpaired) electrons. The third kappa shape index (κ3) is 3.35. The van der Waals surface area contributed by atoms with Crippen LogP contribution in [0.15, 0.2) is 16.6 Å². The van der Waals surface area contributed by atoms with Gasteiger partial charge in [0.1, 0.15) is 11.6 Å². The minimum absolute atomic E-state index is 0.211. The molecule has 3 nitrogen and oxygen atoms in total. The number of hydrogen-bond donors (Lipinski definition) is 1. The number of nitrogens with zero attached hydrogens (tertiary/aromatic N) is 1. The van der Waals surface area contributed by atoms with Crippen LogP contribution < -0.4 is 5.32 Å². The lowest BCUT2D eigenvalue weighted by Gasteiger charge is -2.41. The number of hydrogen-bond acceptors (Lipinski definition) is 3. The fourth-order valence-corrected chi connectivity index (χ4v) is 3.87. The standard InChI is InChI=1S/C16H21BrF2N2O/c17-12-1-2-13(18)14(15(12)19)16(11-3-9-22-10-4-11)21-7-5-20-6-8-21/h1-2,11,16,20H,3-10H2/t16-/m0/s1. The van der Waals surface area contributed by atoms with Crippen molar-refractivity contribution in [2.24, 2.45) is 5.92 Å². The van der Waals surface area contributed by atoms with Crippen molar-refractivity contribution in [3.63, 3.8) is 0 Å². The number of rotatable bonds is 3. The summed E-state index contributed by atoms with van der Waals surface area (Å²) in [6.07, 6.45) is 1.69. The van der Waals surface area contributed by atoms with E-state index in [2.05, 4.69) is 26.1 Å². The third-order valence-electron chi connectivity index (χ3n) is 4.63. The van der Waals surface area contributed by atoms with Gasteiger partial charge in [-0.1, -0.05) is 0 Å². The summed E-state index contributed by atoms with van der Waals surface area (Å²) < 4.78 is 34.9. The minimum atomic E-state index is -0.463. The van der Waals surface area contributed by atoms with Crippen LogP contribution in [0.5, 0.6) is 0 Å². The van der Waals surface area contributed by atoms with Crippen LogP contribution in [0.25, 0.3) is 0 Å². The van der Waals surface area contributed by atoms with E-state index in [1.807, 2.05) is 0 Å². The van der Waals surface area contributed by atoms with Crippen molar-refractivity contribution in [3.05, 3.63) is 33.8 Å². The Labute approximate surface area is 138 Å². The Morgan fingerprint density at radius 1 is 1.18 bits per heavy atom. The SMILES string of the molecule is Fc1ccc(Br)c(F)c1[C@H](C1CCOCC1)N1CCNCC1. The van der Waals surface area contributed by atoms with Crippen molar-refractivity contribution in [1.29, 1.82) is 0 Å². The van der Waals surface area contributed by atoms with Crippen molar-refractivity contribution in [2.45, 2.75) is 18.9 Å². The molecule has 0 aliphatic carbocycles. The van der Waals surface area contributed by atoms with Crippen LogP contribution in [-0.4, -0.2) is 44.3 Å². The minimum Gasteiger partial charge on any atom is -0.381 e. The number of piperazine rings is 1. The predicted molar refractivity (Wildman–Crippen MR) is 84.8 cm³/mol. The Morgan fingerprint density at radius 2 is 1.86 bits per heavy atom. The molecule has 2 fully saturated rings. The van der Waals surface area contributed by atoms with E-state index in [0.717, 1.165) is 39.0 Å². The van der Waals surface area contributed by atoms with Crippen molar-refractivity contribution >= 4 is 15.9 Å². The molecule has 0 amide bonds. The van der Waals surface area contributed by atoms with Crippen LogP contribution in [0.4, 0.5) is 8.78 Å². The van der Waals surface area contributed by atoms with Crippen LogP contribution in [0, 0.1) is 17.6 Å². The Kier molecular flexibility index (Phi) is 5.44. The topological polar surface area (TPSA) is 24.5 Å².